The van der Waals surface area contributed by atoms with Crippen molar-refractivity contribution in [2.45, 2.75) is 18.2 Å². The first-order valence-corrected chi connectivity index (χ1v) is 7.41. The van der Waals surface area contributed by atoms with E-state index in [9.17, 15) is 18.0 Å². The largest absolute Gasteiger partial charge is 0.481 e. The molecule has 7 heteroatoms. The molecule has 0 saturated heterocycles. The summed E-state index contributed by atoms with van der Waals surface area (Å²) in [6.45, 7) is 1.48. The number of benzene rings is 1. The Bertz CT molecular complexity index is 607. The van der Waals surface area contributed by atoms with E-state index in [1.807, 2.05) is 0 Å². The van der Waals surface area contributed by atoms with Crippen LogP contribution in [0.25, 0.3) is 0 Å². The lowest BCUT2D eigenvalue weighted by molar-refractivity contribution is -0.136. The van der Waals surface area contributed by atoms with Crippen molar-refractivity contribution < 1.29 is 23.1 Å². The lowest BCUT2D eigenvalue weighted by Gasteiger charge is -2.10. The Kier molecular flexibility index (Phi) is 4.66. The smallest absolute Gasteiger partial charge is 0.305 e. The monoisotopic (exact) mass is 285 g/mol. The van der Waals surface area contributed by atoms with E-state index in [1.165, 1.54) is 25.1 Å². The molecule has 104 valence electrons. The molecule has 1 aromatic rings. The van der Waals surface area contributed by atoms with Gasteiger partial charge >= 0.3 is 5.97 Å². The first kappa shape index (κ1) is 15.2. The Balaban J connectivity index is 3.06. The molecule has 0 fully saturated rings. The number of anilines is 1. The highest BCUT2D eigenvalue weighted by molar-refractivity contribution is 7.90. The van der Waals surface area contributed by atoms with Crippen LogP contribution in [0.1, 0.15) is 23.7 Å². The molecule has 1 aromatic carbocycles. The van der Waals surface area contributed by atoms with Crippen molar-refractivity contribution in [2.24, 2.45) is 0 Å². The third-order valence-corrected chi connectivity index (χ3v) is 3.56. The Morgan fingerprint density at radius 1 is 1.32 bits per heavy atom. The molecule has 19 heavy (non-hydrogen) atoms. The topological polar surface area (TPSA) is 101 Å². The van der Waals surface area contributed by atoms with Gasteiger partial charge in [-0.05, 0) is 25.1 Å². The highest BCUT2D eigenvalue weighted by atomic mass is 32.2. The van der Waals surface area contributed by atoms with Crippen LogP contribution in [-0.2, 0) is 14.6 Å². The van der Waals surface area contributed by atoms with E-state index < -0.39 is 15.8 Å². The molecule has 0 amide bonds. The molecule has 0 heterocycles. The van der Waals surface area contributed by atoms with Gasteiger partial charge in [-0.15, -0.1) is 0 Å². The number of hydrogen-bond donors (Lipinski definition) is 2. The summed E-state index contributed by atoms with van der Waals surface area (Å²) in [5.41, 5.74) is 0.662. The number of carboxylic acid groups (broad SMARTS) is 1. The SMILES string of the molecule is CC(=O)c1cc(S(C)(=O)=O)ccc1NCCC(=O)O. The average Bonchev–Trinajstić information content (AvgIpc) is 2.27. The van der Waals surface area contributed by atoms with Gasteiger partial charge in [-0.3, -0.25) is 9.59 Å². The molecule has 1 rings (SSSR count). The van der Waals surface area contributed by atoms with Crippen molar-refractivity contribution in [2.75, 3.05) is 18.1 Å². The first-order chi connectivity index (χ1) is 8.71. The van der Waals surface area contributed by atoms with Gasteiger partial charge in [0.05, 0.1) is 11.3 Å². The van der Waals surface area contributed by atoms with E-state index in [0.717, 1.165) is 6.26 Å². The van der Waals surface area contributed by atoms with Gasteiger partial charge in [0.2, 0.25) is 0 Å². The number of carbonyl (C=O) groups excluding carboxylic acids is 1. The van der Waals surface area contributed by atoms with Crippen LogP contribution in [0.15, 0.2) is 23.1 Å². The number of aliphatic carboxylic acids is 1. The summed E-state index contributed by atoms with van der Waals surface area (Å²) >= 11 is 0. The zero-order valence-corrected chi connectivity index (χ0v) is 11.5. The van der Waals surface area contributed by atoms with Gasteiger partial charge in [-0.1, -0.05) is 0 Å². The summed E-state index contributed by atoms with van der Waals surface area (Å²) in [7, 11) is -3.38. The molecule has 0 aliphatic heterocycles. The molecule has 0 aliphatic rings. The lowest BCUT2D eigenvalue weighted by Crippen LogP contribution is -2.11. The quantitative estimate of drug-likeness (QED) is 0.761. The van der Waals surface area contributed by atoms with Gasteiger partial charge in [0.15, 0.2) is 15.6 Å². The average molecular weight is 285 g/mol. The molecule has 0 unspecified atom stereocenters. The van der Waals surface area contributed by atoms with E-state index in [0.29, 0.717) is 5.69 Å². The highest BCUT2D eigenvalue weighted by Crippen LogP contribution is 2.21. The van der Waals surface area contributed by atoms with Crippen molar-refractivity contribution in [3.05, 3.63) is 23.8 Å². The standard InChI is InChI=1S/C12H15NO5S/c1-8(14)10-7-9(19(2,17)18)3-4-11(10)13-6-5-12(15)16/h3-4,7,13H,5-6H2,1-2H3,(H,15,16). The predicted molar refractivity (Wildman–Crippen MR) is 70.3 cm³/mol. The second-order valence-electron chi connectivity index (χ2n) is 4.11. The molecule has 0 spiro atoms. The number of sulfone groups is 1. The summed E-state index contributed by atoms with van der Waals surface area (Å²) in [5, 5.41) is 11.3. The van der Waals surface area contributed by atoms with Gasteiger partial charge in [0.1, 0.15) is 0 Å². The van der Waals surface area contributed by atoms with Crippen LogP contribution >= 0.6 is 0 Å². The third-order valence-electron chi connectivity index (χ3n) is 2.45. The molecule has 0 aromatic heterocycles. The van der Waals surface area contributed by atoms with Crippen LogP contribution in [0, 0.1) is 0 Å². The van der Waals surface area contributed by atoms with Crippen LogP contribution in [0.5, 0.6) is 0 Å². The predicted octanol–water partition coefficient (Wildman–Crippen LogP) is 1.18. The minimum atomic E-state index is -3.38. The summed E-state index contributed by atoms with van der Waals surface area (Å²) in [5.74, 6) is -1.24. The van der Waals surface area contributed by atoms with Crippen LogP contribution < -0.4 is 5.32 Å². The third kappa shape index (κ3) is 4.36. The van der Waals surface area contributed by atoms with Crippen LogP contribution in [0.3, 0.4) is 0 Å². The number of rotatable bonds is 6. The van der Waals surface area contributed by atoms with Crippen LogP contribution in [0.4, 0.5) is 5.69 Å². The van der Waals surface area contributed by atoms with E-state index in [4.69, 9.17) is 5.11 Å². The highest BCUT2D eigenvalue weighted by Gasteiger charge is 2.13. The molecule has 0 saturated carbocycles. The Labute approximate surface area is 111 Å². The normalized spacial score (nSPS) is 11.1. The zero-order valence-electron chi connectivity index (χ0n) is 10.6. The molecular weight excluding hydrogens is 270 g/mol. The lowest BCUT2D eigenvalue weighted by atomic mass is 10.1. The maximum absolute atomic E-state index is 11.5. The number of carboxylic acids is 1. The summed E-state index contributed by atoms with van der Waals surface area (Å²) in [6, 6.07) is 4.14. The van der Waals surface area contributed by atoms with E-state index in [1.54, 1.807) is 0 Å². The number of ketones is 1. The maximum atomic E-state index is 11.5. The molecule has 0 aliphatic carbocycles. The van der Waals surface area contributed by atoms with Crippen molar-refractivity contribution in [3.63, 3.8) is 0 Å². The van der Waals surface area contributed by atoms with Crippen LogP contribution in [-0.4, -0.2) is 38.1 Å². The minimum Gasteiger partial charge on any atom is -0.481 e. The second kappa shape index (κ2) is 5.83. The number of carbonyl (C=O) groups is 2. The van der Waals surface area contributed by atoms with Crippen molar-refractivity contribution in [1.29, 1.82) is 0 Å². The van der Waals surface area contributed by atoms with Crippen LogP contribution in [0.2, 0.25) is 0 Å². The van der Waals surface area contributed by atoms with E-state index in [-0.39, 0.29) is 29.2 Å². The van der Waals surface area contributed by atoms with E-state index in [2.05, 4.69) is 5.32 Å². The molecular formula is C12H15NO5S. The van der Waals surface area contributed by atoms with Gasteiger partial charge in [0.25, 0.3) is 0 Å². The first-order valence-electron chi connectivity index (χ1n) is 5.52. The molecule has 0 bridgehead atoms. The van der Waals surface area contributed by atoms with Gasteiger partial charge < -0.3 is 10.4 Å². The summed E-state index contributed by atoms with van der Waals surface area (Å²) in [6.07, 6.45) is 0.967. The fourth-order valence-electron chi connectivity index (χ4n) is 1.50. The van der Waals surface area contributed by atoms with Crippen molar-refractivity contribution in [3.8, 4) is 0 Å². The zero-order chi connectivity index (χ0) is 14.6. The number of hydrogen-bond acceptors (Lipinski definition) is 5. The fraction of sp³-hybridized carbons (Fsp3) is 0.333. The van der Waals surface area contributed by atoms with E-state index >= 15 is 0 Å². The number of Topliss-reactive ketones (excluding diaryl/α,β-unsaturated/α-hetero) is 1. The summed E-state index contributed by atoms with van der Waals surface area (Å²) in [4.78, 5) is 22.0. The van der Waals surface area contributed by atoms with Gasteiger partial charge in [-0.25, -0.2) is 8.42 Å². The maximum Gasteiger partial charge on any atom is 0.305 e. The Morgan fingerprint density at radius 2 is 1.95 bits per heavy atom. The summed E-state index contributed by atoms with van der Waals surface area (Å²) < 4.78 is 22.8. The number of nitrogens with one attached hydrogen (secondary N) is 1. The van der Waals surface area contributed by atoms with Gasteiger partial charge in [0, 0.05) is 24.1 Å². The second-order valence-corrected chi connectivity index (χ2v) is 6.12. The molecule has 2 N–H and O–H groups in total. The fourth-order valence-corrected chi connectivity index (χ4v) is 2.15. The van der Waals surface area contributed by atoms with Gasteiger partial charge in [-0.2, -0.15) is 0 Å². The molecule has 0 atom stereocenters. The van der Waals surface area contributed by atoms with Crippen molar-refractivity contribution >= 4 is 27.3 Å². The minimum absolute atomic E-state index is 0.0569. The Hall–Kier alpha value is -1.89. The van der Waals surface area contributed by atoms with Crippen molar-refractivity contribution in [1.82, 2.24) is 0 Å². The molecule has 6 nitrogen and oxygen atoms in total. The molecule has 0 radical (unpaired) electrons. The Morgan fingerprint density at radius 3 is 2.42 bits per heavy atom.